The molecule has 1 heterocycles. The lowest BCUT2D eigenvalue weighted by Crippen LogP contribution is -2.20. The minimum absolute atomic E-state index is 0.261. The van der Waals surface area contributed by atoms with Crippen molar-refractivity contribution < 1.29 is 4.39 Å². The van der Waals surface area contributed by atoms with Crippen LogP contribution >= 0.6 is 0 Å². The quantitative estimate of drug-likeness (QED) is 0.906. The number of rotatable bonds is 3. The van der Waals surface area contributed by atoms with Gasteiger partial charge in [-0.25, -0.2) is 4.39 Å². The van der Waals surface area contributed by atoms with Gasteiger partial charge in [0.25, 0.3) is 0 Å². The molecule has 96 valence electrons. The van der Waals surface area contributed by atoms with Crippen LogP contribution in [-0.4, -0.2) is 9.78 Å². The summed E-state index contributed by atoms with van der Waals surface area (Å²) < 4.78 is 15.5. The van der Waals surface area contributed by atoms with Gasteiger partial charge >= 0.3 is 0 Å². The van der Waals surface area contributed by atoms with Crippen molar-refractivity contribution in [3.63, 3.8) is 0 Å². The lowest BCUT2D eigenvalue weighted by Gasteiger charge is -2.14. The highest BCUT2D eigenvalue weighted by Crippen LogP contribution is 2.18. The lowest BCUT2D eigenvalue weighted by atomic mass is 10.1. The van der Waals surface area contributed by atoms with Crippen molar-refractivity contribution in [3.8, 4) is 0 Å². The average molecular weight is 247 g/mol. The SMILES string of the molecule is Cc1nn(CC(N)c2ccccc2F)c(C)c1C. The maximum absolute atomic E-state index is 13.6. The summed E-state index contributed by atoms with van der Waals surface area (Å²) >= 11 is 0. The van der Waals surface area contributed by atoms with Crippen molar-refractivity contribution in [3.05, 3.63) is 52.6 Å². The van der Waals surface area contributed by atoms with Gasteiger partial charge in [0.2, 0.25) is 0 Å². The molecule has 0 radical (unpaired) electrons. The normalized spacial score (nSPS) is 12.7. The van der Waals surface area contributed by atoms with Gasteiger partial charge in [-0.1, -0.05) is 18.2 Å². The second kappa shape index (κ2) is 4.90. The number of hydrogen-bond acceptors (Lipinski definition) is 2. The van der Waals surface area contributed by atoms with E-state index >= 15 is 0 Å². The molecule has 0 spiro atoms. The summed E-state index contributed by atoms with van der Waals surface area (Å²) in [6, 6.07) is 6.23. The minimum Gasteiger partial charge on any atom is -0.322 e. The van der Waals surface area contributed by atoms with Gasteiger partial charge in [-0.05, 0) is 32.4 Å². The minimum atomic E-state index is -0.386. The molecule has 0 aliphatic rings. The summed E-state index contributed by atoms with van der Waals surface area (Å²) in [5, 5.41) is 4.42. The van der Waals surface area contributed by atoms with Crippen molar-refractivity contribution in [1.29, 1.82) is 0 Å². The largest absolute Gasteiger partial charge is 0.322 e. The maximum Gasteiger partial charge on any atom is 0.128 e. The van der Waals surface area contributed by atoms with E-state index in [2.05, 4.69) is 5.10 Å². The molecule has 2 aromatic rings. The van der Waals surface area contributed by atoms with E-state index in [1.165, 1.54) is 6.07 Å². The summed E-state index contributed by atoms with van der Waals surface area (Å²) in [6.45, 7) is 6.49. The van der Waals surface area contributed by atoms with Crippen LogP contribution in [0.15, 0.2) is 24.3 Å². The first-order valence-corrected chi connectivity index (χ1v) is 6.01. The van der Waals surface area contributed by atoms with E-state index in [0.717, 1.165) is 17.0 Å². The number of nitrogens with zero attached hydrogens (tertiary/aromatic N) is 2. The third kappa shape index (κ3) is 2.29. The molecule has 0 aliphatic heterocycles. The molecule has 0 saturated carbocycles. The van der Waals surface area contributed by atoms with Crippen LogP contribution in [0.4, 0.5) is 4.39 Å². The molecule has 4 heteroatoms. The topological polar surface area (TPSA) is 43.8 Å². The van der Waals surface area contributed by atoms with Crippen LogP contribution in [0.5, 0.6) is 0 Å². The zero-order valence-corrected chi connectivity index (χ0v) is 10.9. The van der Waals surface area contributed by atoms with Crippen molar-refractivity contribution in [1.82, 2.24) is 9.78 Å². The Hall–Kier alpha value is -1.68. The average Bonchev–Trinajstić information content (AvgIpc) is 2.57. The van der Waals surface area contributed by atoms with Gasteiger partial charge in [-0.15, -0.1) is 0 Å². The maximum atomic E-state index is 13.6. The molecule has 3 nitrogen and oxygen atoms in total. The monoisotopic (exact) mass is 247 g/mol. The number of aromatic nitrogens is 2. The van der Waals surface area contributed by atoms with Gasteiger partial charge in [-0.2, -0.15) is 5.10 Å². The van der Waals surface area contributed by atoms with Gasteiger partial charge in [-0.3, -0.25) is 4.68 Å². The van der Waals surface area contributed by atoms with Crippen molar-refractivity contribution in [2.75, 3.05) is 0 Å². The van der Waals surface area contributed by atoms with Gasteiger partial charge in [0.1, 0.15) is 5.82 Å². The van der Waals surface area contributed by atoms with Crippen molar-refractivity contribution in [2.45, 2.75) is 33.4 Å². The van der Waals surface area contributed by atoms with Crippen LogP contribution in [0, 0.1) is 26.6 Å². The summed E-state index contributed by atoms with van der Waals surface area (Å²) in [5.41, 5.74) is 9.82. The van der Waals surface area contributed by atoms with E-state index in [-0.39, 0.29) is 11.9 Å². The standard InChI is InChI=1S/C14H18FN3/c1-9-10(2)17-18(11(9)3)8-14(16)12-6-4-5-7-13(12)15/h4-7,14H,8,16H2,1-3H3. The van der Waals surface area contributed by atoms with Crippen molar-refractivity contribution >= 4 is 0 Å². The van der Waals surface area contributed by atoms with Crippen LogP contribution in [0.1, 0.15) is 28.6 Å². The smallest absolute Gasteiger partial charge is 0.128 e. The molecule has 1 unspecified atom stereocenters. The molecule has 0 amide bonds. The molecule has 0 fully saturated rings. The van der Waals surface area contributed by atoms with E-state index < -0.39 is 0 Å². The Balaban J connectivity index is 2.24. The number of aryl methyl sites for hydroxylation is 1. The van der Waals surface area contributed by atoms with Crippen LogP contribution < -0.4 is 5.73 Å². The molecule has 2 N–H and O–H groups in total. The van der Waals surface area contributed by atoms with Gasteiger partial charge in [0, 0.05) is 11.3 Å². The Morgan fingerprint density at radius 2 is 1.94 bits per heavy atom. The van der Waals surface area contributed by atoms with E-state index in [1.54, 1.807) is 18.2 Å². The summed E-state index contributed by atoms with van der Waals surface area (Å²) in [4.78, 5) is 0. The summed E-state index contributed by atoms with van der Waals surface area (Å²) in [5.74, 6) is -0.261. The zero-order valence-electron chi connectivity index (χ0n) is 10.9. The van der Waals surface area contributed by atoms with Crippen LogP contribution in [0.2, 0.25) is 0 Å². The highest BCUT2D eigenvalue weighted by molar-refractivity contribution is 5.24. The molecule has 0 bridgehead atoms. The molecule has 1 aromatic carbocycles. The molecular formula is C14H18FN3. The summed E-state index contributed by atoms with van der Waals surface area (Å²) in [7, 11) is 0. The second-order valence-electron chi connectivity index (χ2n) is 4.61. The Kier molecular flexibility index (Phi) is 3.48. The number of hydrogen-bond donors (Lipinski definition) is 1. The highest BCUT2D eigenvalue weighted by Gasteiger charge is 2.14. The third-order valence-corrected chi connectivity index (χ3v) is 3.42. The lowest BCUT2D eigenvalue weighted by molar-refractivity contribution is 0.492. The van der Waals surface area contributed by atoms with E-state index in [4.69, 9.17) is 5.73 Å². The molecule has 0 saturated heterocycles. The highest BCUT2D eigenvalue weighted by atomic mass is 19.1. The molecule has 1 atom stereocenters. The van der Waals surface area contributed by atoms with Gasteiger partial charge in [0.15, 0.2) is 0 Å². The van der Waals surface area contributed by atoms with Gasteiger partial charge in [0.05, 0.1) is 18.3 Å². The van der Waals surface area contributed by atoms with E-state index in [1.807, 2.05) is 25.5 Å². The molecule has 2 rings (SSSR count). The zero-order chi connectivity index (χ0) is 13.3. The fourth-order valence-electron chi connectivity index (χ4n) is 2.02. The first-order chi connectivity index (χ1) is 8.50. The van der Waals surface area contributed by atoms with E-state index in [0.29, 0.717) is 12.1 Å². The first-order valence-electron chi connectivity index (χ1n) is 6.01. The predicted molar refractivity (Wildman–Crippen MR) is 69.8 cm³/mol. The van der Waals surface area contributed by atoms with Crippen molar-refractivity contribution in [2.24, 2.45) is 5.73 Å². The number of benzene rings is 1. The molecule has 0 aliphatic carbocycles. The summed E-state index contributed by atoms with van der Waals surface area (Å²) in [6.07, 6.45) is 0. The molecule has 18 heavy (non-hydrogen) atoms. The Morgan fingerprint density at radius 1 is 1.28 bits per heavy atom. The first kappa shape index (κ1) is 12.8. The molecular weight excluding hydrogens is 229 g/mol. The fraction of sp³-hybridized carbons (Fsp3) is 0.357. The Morgan fingerprint density at radius 3 is 2.50 bits per heavy atom. The predicted octanol–water partition coefficient (Wildman–Crippen LogP) is 2.65. The van der Waals surface area contributed by atoms with Crippen LogP contribution in [-0.2, 0) is 6.54 Å². The van der Waals surface area contributed by atoms with Crippen LogP contribution in [0.25, 0.3) is 0 Å². The Labute approximate surface area is 106 Å². The number of nitrogens with two attached hydrogens (primary N) is 1. The number of halogens is 1. The Bertz CT molecular complexity index is 560. The third-order valence-electron chi connectivity index (χ3n) is 3.42. The van der Waals surface area contributed by atoms with E-state index in [9.17, 15) is 4.39 Å². The van der Waals surface area contributed by atoms with Gasteiger partial charge < -0.3 is 5.73 Å². The fourth-order valence-corrected chi connectivity index (χ4v) is 2.02. The van der Waals surface area contributed by atoms with Crippen LogP contribution in [0.3, 0.4) is 0 Å². The second-order valence-corrected chi connectivity index (χ2v) is 4.61. The molecule has 1 aromatic heterocycles.